The van der Waals surface area contributed by atoms with Crippen LogP contribution in [0.25, 0.3) is 22.2 Å². The number of aryl methyl sites for hydroxylation is 1. The number of piperidine rings is 1. The van der Waals surface area contributed by atoms with Crippen molar-refractivity contribution >= 4 is 17.1 Å². The minimum atomic E-state index is 0.453. The van der Waals surface area contributed by atoms with Gasteiger partial charge in [0.1, 0.15) is 0 Å². The molecule has 0 bridgehead atoms. The van der Waals surface area contributed by atoms with Gasteiger partial charge in [-0.2, -0.15) is 0 Å². The lowest BCUT2D eigenvalue weighted by molar-refractivity contribution is 0.227. The first-order valence-corrected chi connectivity index (χ1v) is 12.0. The van der Waals surface area contributed by atoms with E-state index >= 15 is 0 Å². The second kappa shape index (κ2) is 8.67. The second-order valence-corrected chi connectivity index (χ2v) is 9.81. The van der Waals surface area contributed by atoms with E-state index in [1.165, 1.54) is 70.5 Å². The molecule has 0 atom stereocenters. The van der Waals surface area contributed by atoms with Crippen molar-refractivity contribution in [3.63, 3.8) is 0 Å². The summed E-state index contributed by atoms with van der Waals surface area (Å²) >= 11 is 0. The average molecular weight is 427 g/mol. The van der Waals surface area contributed by atoms with Gasteiger partial charge in [0.2, 0.25) is 0 Å². The molecule has 32 heavy (non-hydrogen) atoms. The molecular formula is C28H34N4. The Bertz CT molecular complexity index is 1190. The normalized spacial score (nSPS) is 17.9. The molecule has 0 radical (unpaired) electrons. The van der Waals surface area contributed by atoms with Crippen LogP contribution in [0.3, 0.4) is 0 Å². The van der Waals surface area contributed by atoms with Crippen LogP contribution < -0.4 is 0 Å². The van der Waals surface area contributed by atoms with Crippen molar-refractivity contribution < 1.29 is 0 Å². The van der Waals surface area contributed by atoms with E-state index in [0.717, 1.165) is 18.7 Å². The third-order valence-electron chi connectivity index (χ3n) is 7.23. The van der Waals surface area contributed by atoms with Gasteiger partial charge in [0.15, 0.2) is 0 Å². The number of H-pyrrole nitrogens is 1. The van der Waals surface area contributed by atoms with Crippen molar-refractivity contribution in [3.05, 3.63) is 64.6 Å². The van der Waals surface area contributed by atoms with E-state index in [1.54, 1.807) is 0 Å². The molecule has 1 N–H and O–H groups in total. The topological polar surface area (TPSA) is 44.3 Å². The number of nitrogens with one attached hydrogen (secondary N) is 1. The van der Waals surface area contributed by atoms with Crippen molar-refractivity contribution in [3.8, 4) is 11.3 Å². The van der Waals surface area contributed by atoms with E-state index in [4.69, 9.17) is 0 Å². The summed E-state index contributed by atoms with van der Waals surface area (Å²) < 4.78 is 0. The molecule has 2 aliphatic heterocycles. The molecule has 0 saturated carbocycles. The maximum atomic E-state index is 4.45. The molecule has 0 amide bonds. The lowest BCUT2D eigenvalue weighted by Crippen LogP contribution is -2.34. The van der Waals surface area contributed by atoms with Crippen LogP contribution in [-0.4, -0.2) is 40.7 Å². The van der Waals surface area contributed by atoms with Crippen molar-refractivity contribution in [2.45, 2.75) is 58.8 Å². The molecule has 0 unspecified atom stereocenters. The third-order valence-corrected chi connectivity index (χ3v) is 7.23. The summed E-state index contributed by atoms with van der Waals surface area (Å²) in [6, 6.07) is 11.4. The molecule has 5 rings (SSSR count). The lowest BCUT2D eigenvalue weighted by Gasteiger charge is -2.32. The first-order chi connectivity index (χ1) is 15.5. The highest BCUT2D eigenvalue weighted by atomic mass is 15.1. The molecule has 166 valence electrons. The highest BCUT2D eigenvalue weighted by Gasteiger charge is 2.24. The van der Waals surface area contributed by atoms with Crippen molar-refractivity contribution in [1.29, 1.82) is 0 Å². The van der Waals surface area contributed by atoms with Gasteiger partial charge in [-0.25, -0.2) is 0 Å². The van der Waals surface area contributed by atoms with Crippen molar-refractivity contribution in [1.82, 2.24) is 14.9 Å². The van der Waals surface area contributed by atoms with E-state index in [-0.39, 0.29) is 0 Å². The van der Waals surface area contributed by atoms with Crippen LogP contribution in [0.15, 0.2) is 52.8 Å². The van der Waals surface area contributed by atoms with Gasteiger partial charge in [-0.15, -0.1) is 0 Å². The number of allylic oxidation sites excluding steroid dienone is 1. The molecule has 2 aliphatic rings. The van der Waals surface area contributed by atoms with E-state index < -0.39 is 0 Å². The predicted octanol–water partition coefficient (Wildman–Crippen LogP) is 6.59. The predicted molar refractivity (Wildman–Crippen MR) is 135 cm³/mol. The highest BCUT2D eigenvalue weighted by molar-refractivity contribution is 5.92. The lowest BCUT2D eigenvalue weighted by atomic mass is 9.87. The Kier molecular flexibility index (Phi) is 5.73. The van der Waals surface area contributed by atoms with E-state index in [0.29, 0.717) is 11.8 Å². The standard InChI is InChI=1S/C28H34N4/c1-18(2)27-25-16-22(5-6-26(25)31-28(27)23-7-11-29-19(3)15-23)21-9-13-32(14-10-21)17-24-8-12-30-20(24)4/h5-7,11-12,15-16,18,21,31H,8-10,13-14,17H2,1-4H3. The summed E-state index contributed by atoms with van der Waals surface area (Å²) in [6.45, 7) is 12.2. The second-order valence-electron chi connectivity index (χ2n) is 9.81. The third kappa shape index (κ3) is 4.04. The fraction of sp³-hybridized carbons (Fsp3) is 0.429. The van der Waals surface area contributed by atoms with Crippen LogP contribution in [-0.2, 0) is 0 Å². The monoisotopic (exact) mass is 426 g/mol. The Morgan fingerprint density at radius 1 is 1.09 bits per heavy atom. The molecule has 4 heteroatoms. The van der Waals surface area contributed by atoms with E-state index in [1.807, 2.05) is 6.20 Å². The molecule has 0 aliphatic carbocycles. The SMILES string of the molecule is CC1=C(CN2CCC(c3ccc4[nH]c(-c5ccnc(C)c5)c(C(C)C)c4c3)CC2)CC=N1. The zero-order valence-corrected chi connectivity index (χ0v) is 19.8. The number of rotatable bonds is 5. The number of aromatic nitrogens is 2. The van der Waals surface area contributed by atoms with E-state index in [9.17, 15) is 0 Å². The smallest absolute Gasteiger partial charge is 0.0501 e. The Morgan fingerprint density at radius 3 is 2.59 bits per heavy atom. The Labute approximate surface area is 191 Å². The van der Waals surface area contributed by atoms with Crippen LogP contribution in [0.4, 0.5) is 0 Å². The number of hydrogen-bond acceptors (Lipinski definition) is 3. The molecule has 1 aromatic carbocycles. The zero-order valence-electron chi connectivity index (χ0n) is 19.8. The van der Waals surface area contributed by atoms with Gasteiger partial charge in [0.25, 0.3) is 0 Å². The molecule has 2 aromatic heterocycles. The maximum Gasteiger partial charge on any atom is 0.0501 e. The first-order valence-electron chi connectivity index (χ1n) is 12.0. The molecule has 3 aromatic rings. The zero-order chi connectivity index (χ0) is 22.2. The summed E-state index contributed by atoms with van der Waals surface area (Å²) in [5.41, 5.74) is 10.4. The van der Waals surface area contributed by atoms with Gasteiger partial charge < -0.3 is 4.98 Å². The number of pyridine rings is 1. The molecule has 0 spiro atoms. The van der Waals surface area contributed by atoms with Crippen LogP contribution in [0, 0.1) is 6.92 Å². The Morgan fingerprint density at radius 2 is 1.91 bits per heavy atom. The number of aromatic amines is 1. The fourth-order valence-corrected chi connectivity index (χ4v) is 5.42. The van der Waals surface area contributed by atoms with Crippen molar-refractivity contribution in [2.75, 3.05) is 19.6 Å². The van der Waals surface area contributed by atoms with Crippen LogP contribution in [0.2, 0.25) is 0 Å². The molecule has 1 saturated heterocycles. The van der Waals surface area contributed by atoms with Crippen molar-refractivity contribution in [2.24, 2.45) is 4.99 Å². The number of fused-ring (bicyclic) bond motifs is 1. The molecule has 4 heterocycles. The minimum absolute atomic E-state index is 0.453. The van der Waals surface area contributed by atoms with Gasteiger partial charge in [-0.3, -0.25) is 14.9 Å². The molecule has 4 nitrogen and oxygen atoms in total. The Hall–Kier alpha value is -2.72. The summed E-state index contributed by atoms with van der Waals surface area (Å²) in [5, 5.41) is 1.38. The molecule has 1 fully saturated rings. The summed E-state index contributed by atoms with van der Waals surface area (Å²) in [6.07, 6.45) is 7.46. The quantitative estimate of drug-likeness (QED) is 0.500. The van der Waals surface area contributed by atoms with Gasteiger partial charge >= 0.3 is 0 Å². The summed E-state index contributed by atoms with van der Waals surface area (Å²) in [4.78, 5) is 15.2. The number of nitrogens with zero attached hydrogens (tertiary/aromatic N) is 3. The highest BCUT2D eigenvalue weighted by Crippen LogP contribution is 2.38. The number of likely N-dealkylation sites (tertiary alicyclic amines) is 1. The fourth-order valence-electron chi connectivity index (χ4n) is 5.42. The number of benzene rings is 1. The van der Waals surface area contributed by atoms with Crippen LogP contribution >= 0.6 is 0 Å². The molecular weight excluding hydrogens is 392 g/mol. The van der Waals surface area contributed by atoms with E-state index in [2.05, 4.69) is 84.1 Å². The van der Waals surface area contributed by atoms with Gasteiger partial charge in [-0.05, 0) is 92.6 Å². The first kappa shape index (κ1) is 21.1. The largest absolute Gasteiger partial charge is 0.354 e. The maximum absolute atomic E-state index is 4.45. The summed E-state index contributed by atoms with van der Waals surface area (Å²) in [5.74, 6) is 1.10. The number of hydrogen-bond donors (Lipinski definition) is 1. The Balaban J connectivity index is 1.39. The summed E-state index contributed by atoms with van der Waals surface area (Å²) in [7, 11) is 0. The van der Waals surface area contributed by atoms with Gasteiger partial charge in [0, 0.05) is 53.2 Å². The number of aliphatic imine (C=N–C) groups is 1. The van der Waals surface area contributed by atoms with Gasteiger partial charge in [-0.1, -0.05) is 19.9 Å². The average Bonchev–Trinajstić information content (AvgIpc) is 3.37. The van der Waals surface area contributed by atoms with Crippen LogP contribution in [0.5, 0.6) is 0 Å². The van der Waals surface area contributed by atoms with Crippen LogP contribution in [0.1, 0.15) is 68.7 Å². The minimum Gasteiger partial charge on any atom is -0.354 e. The van der Waals surface area contributed by atoms with Gasteiger partial charge in [0.05, 0.1) is 5.69 Å².